The maximum absolute atomic E-state index is 13.6. The first kappa shape index (κ1) is 31.5. The molecule has 1 aliphatic carbocycles. The number of benzene rings is 1. The van der Waals surface area contributed by atoms with E-state index in [1.54, 1.807) is 20.8 Å². The largest absolute Gasteiger partial charge is 0.460 e. The zero-order valence-electron chi connectivity index (χ0n) is 23.5. The van der Waals surface area contributed by atoms with Crippen molar-refractivity contribution in [1.29, 1.82) is 0 Å². The van der Waals surface area contributed by atoms with E-state index >= 15 is 0 Å². The highest BCUT2D eigenvalue weighted by atomic mass is 19.1. The molecular weight excluding hydrogens is 537 g/mol. The Labute approximate surface area is 237 Å². The molecule has 3 atom stereocenters. The minimum Gasteiger partial charge on any atom is -0.460 e. The van der Waals surface area contributed by atoms with E-state index in [4.69, 9.17) is 10.5 Å². The van der Waals surface area contributed by atoms with Gasteiger partial charge in [0.1, 0.15) is 31.1 Å². The van der Waals surface area contributed by atoms with Crippen molar-refractivity contribution < 1.29 is 37.9 Å². The third-order valence-electron chi connectivity index (χ3n) is 7.08. The third-order valence-corrected chi connectivity index (χ3v) is 7.08. The van der Waals surface area contributed by atoms with Crippen LogP contribution in [-0.4, -0.2) is 71.6 Å². The van der Waals surface area contributed by atoms with Crippen LogP contribution in [0.1, 0.15) is 58.4 Å². The number of carbonyl (C=O) groups excluding carboxylic acids is 6. The van der Waals surface area contributed by atoms with Gasteiger partial charge in [-0.05, 0) is 48.3 Å². The number of amides is 5. The number of likely N-dealkylation sites (tertiary alicyclic amines) is 1. The van der Waals surface area contributed by atoms with E-state index in [9.17, 15) is 33.2 Å². The average Bonchev–Trinajstić information content (AvgIpc) is 3.59. The summed E-state index contributed by atoms with van der Waals surface area (Å²) in [6, 6.07) is 1.64. The van der Waals surface area contributed by atoms with Crippen molar-refractivity contribution in [2.45, 2.75) is 77.6 Å². The number of urea groups is 1. The SMILES string of the molecule is CC(C)(C)C(NC(=O)NCC(=O)OCc1ccc(F)cc1)C(=O)N1CCCC1C(=O)NC(CC1CC1)C(=O)C(N)=O. The number of hydrogen-bond acceptors (Lipinski definition) is 7. The lowest BCUT2D eigenvalue weighted by Gasteiger charge is -2.35. The van der Waals surface area contributed by atoms with Crippen LogP contribution in [0, 0.1) is 17.2 Å². The monoisotopic (exact) mass is 575 g/mol. The van der Waals surface area contributed by atoms with Crippen molar-refractivity contribution in [3.05, 3.63) is 35.6 Å². The summed E-state index contributed by atoms with van der Waals surface area (Å²) < 4.78 is 18.1. The number of nitrogens with two attached hydrogens (primary N) is 1. The number of nitrogens with zero attached hydrogens (tertiary/aromatic N) is 1. The Morgan fingerprint density at radius 1 is 1.05 bits per heavy atom. The zero-order valence-corrected chi connectivity index (χ0v) is 23.5. The summed E-state index contributed by atoms with van der Waals surface area (Å²) in [5.41, 5.74) is 4.98. The first-order chi connectivity index (χ1) is 19.3. The summed E-state index contributed by atoms with van der Waals surface area (Å²) in [6.45, 7) is 4.93. The fourth-order valence-corrected chi connectivity index (χ4v) is 4.61. The second-order valence-electron chi connectivity index (χ2n) is 11.6. The number of esters is 1. The molecule has 224 valence electrons. The van der Waals surface area contributed by atoms with Gasteiger partial charge in [-0.3, -0.25) is 24.0 Å². The fourth-order valence-electron chi connectivity index (χ4n) is 4.61. The topological polar surface area (TPSA) is 177 Å². The molecule has 0 bridgehead atoms. The second kappa shape index (κ2) is 13.6. The van der Waals surface area contributed by atoms with Gasteiger partial charge in [0.2, 0.25) is 17.6 Å². The second-order valence-corrected chi connectivity index (χ2v) is 11.6. The van der Waals surface area contributed by atoms with Gasteiger partial charge in [0.05, 0.1) is 6.04 Å². The molecule has 1 aromatic carbocycles. The van der Waals surface area contributed by atoms with E-state index in [-0.39, 0.29) is 19.1 Å². The normalized spacial score (nSPS) is 18.1. The summed E-state index contributed by atoms with van der Waals surface area (Å²) in [6.07, 6.45) is 3.00. The number of primary amides is 1. The fraction of sp³-hybridized carbons (Fsp3) is 0.571. The summed E-state index contributed by atoms with van der Waals surface area (Å²) in [5.74, 6) is -3.97. The highest BCUT2D eigenvalue weighted by Gasteiger charge is 2.43. The van der Waals surface area contributed by atoms with Gasteiger partial charge in [-0.15, -0.1) is 0 Å². The molecular formula is C28H38FN5O7. The van der Waals surface area contributed by atoms with Gasteiger partial charge in [0.25, 0.3) is 5.91 Å². The molecule has 5 N–H and O–H groups in total. The van der Waals surface area contributed by atoms with E-state index in [1.165, 1.54) is 29.2 Å². The third kappa shape index (κ3) is 9.25. The quantitative estimate of drug-likeness (QED) is 0.211. The Bertz CT molecular complexity index is 1160. The number of ketones is 1. The molecule has 0 aromatic heterocycles. The number of hydrogen-bond donors (Lipinski definition) is 4. The average molecular weight is 576 g/mol. The molecule has 1 saturated carbocycles. The van der Waals surface area contributed by atoms with Crippen molar-refractivity contribution in [3.8, 4) is 0 Å². The van der Waals surface area contributed by atoms with E-state index in [0.29, 0.717) is 24.8 Å². The first-order valence-electron chi connectivity index (χ1n) is 13.6. The van der Waals surface area contributed by atoms with E-state index in [2.05, 4.69) is 16.0 Å². The Morgan fingerprint density at radius 2 is 1.71 bits per heavy atom. The summed E-state index contributed by atoms with van der Waals surface area (Å²) in [4.78, 5) is 76.7. The zero-order chi connectivity index (χ0) is 30.3. The maximum Gasteiger partial charge on any atom is 0.325 e. The molecule has 41 heavy (non-hydrogen) atoms. The van der Waals surface area contributed by atoms with Crippen LogP contribution >= 0.6 is 0 Å². The molecule has 5 amide bonds. The molecule has 1 saturated heterocycles. The van der Waals surface area contributed by atoms with Crippen LogP contribution < -0.4 is 21.7 Å². The molecule has 0 spiro atoms. The van der Waals surface area contributed by atoms with Crippen LogP contribution in [0.2, 0.25) is 0 Å². The van der Waals surface area contributed by atoms with Gasteiger partial charge < -0.3 is 31.3 Å². The molecule has 12 nitrogen and oxygen atoms in total. The number of nitrogens with one attached hydrogen (secondary N) is 3. The van der Waals surface area contributed by atoms with E-state index in [0.717, 1.165) is 12.8 Å². The lowest BCUT2D eigenvalue weighted by Crippen LogP contribution is -2.60. The predicted octanol–water partition coefficient (Wildman–Crippen LogP) is 0.913. The summed E-state index contributed by atoms with van der Waals surface area (Å²) in [7, 11) is 0. The van der Waals surface area contributed by atoms with Crippen molar-refractivity contribution in [3.63, 3.8) is 0 Å². The molecule has 3 rings (SSSR count). The lowest BCUT2D eigenvalue weighted by molar-refractivity contribution is -0.143. The molecule has 1 heterocycles. The molecule has 2 aliphatic rings. The number of halogens is 1. The highest BCUT2D eigenvalue weighted by molar-refractivity contribution is 6.37. The standard InChI is InChI=1S/C28H38FN5O7/c1-28(2,3)23(33-27(40)31-14-21(35)41-15-17-8-10-18(29)11-9-17)26(39)34-12-4-5-20(34)25(38)32-19(13-16-6-7-16)22(36)24(30)37/h8-11,16,19-20,23H,4-7,12-15H2,1-3H3,(H2,30,37)(H,32,38)(H2,31,33,40). The predicted molar refractivity (Wildman–Crippen MR) is 144 cm³/mol. The van der Waals surface area contributed by atoms with Crippen LogP contribution in [0.25, 0.3) is 0 Å². The lowest BCUT2D eigenvalue weighted by atomic mass is 9.85. The smallest absolute Gasteiger partial charge is 0.325 e. The Balaban J connectivity index is 1.58. The number of rotatable bonds is 12. The van der Waals surface area contributed by atoms with Gasteiger partial charge in [-0.25, -0.2) is 9.18 Å². The van der Waals surface area contributed by atoms with Gasteiger partial charge >= 0.3 is 12.0 Å². The summed E-state index contributed by atoms with van der Waals surface area (Å²) in [5, 5.41) is 7.59. The Morgan fingerprint density at radius 3 is 2.29 bits per heavy atom. The number of carbonyl (C=O) groups is 6. The highest BCUT2D eigenvalue weighted by Crippen LogP contribution is 2.34. The molecule has 1 aromatic rings. The summed E-state index contributed by atoms with van der Waals surface area (Å²) >= 11 is 0. The molecule has 2 fully saturated rings. The van der Waals surface area contributed by atoms with Gasteiger partial charge in [-0.2, -0.15) is 0 Å². The van der Waals surface area contributed by atoms with Crippen molar-refractivity contribution >= 4 is 35.5 Å². The van der Waals surface area contributed by atoms with Crippen LogP contribution in [0.4, 0.5) is 9.18 Å². The van der Waals surface area contributed by atoms with Crippen LogP contribution in [0.5, 0.6) is 0 Å². The van der Waals surface area contributed by atoms with Crippen molar-refractivity contribution in [2.24, 2.45) is 17.1 Å². The molecule has 0 radical (unpaired) electrons. The minimum absolute atomic E-state index is 0.101. The van der Waals surface area contributed by atoms with Gasteiger partial charge in [-0.1, -0.05) is 45.7 Å². The first-order valence-corrected chi connectivity index (χ1v) is 13.6. The maximum atomic E-state index is 13.6. The van der Waals surface area contributed by atoms with Gasteiger partial charge in [0, 0.05) is 6.54 Å². The number of Topliss-reactive ketones (excluding diaryl/α,β-unsaturated/α-hetero) is 1. The van der Waals surface area contributed by atoms with E-state index < -0.39 is 71.4 Å². The van der Waals surface area contributed by atoms with Crippen molar-refractivity contribution in [2.75, 3.05) is 13.1 Å². The van der Waals surface area contributed by atoms with Crippen molar-refractivity contribution in [1.82, 2.24) is 20.9 Å². The number of ether oxygens (including phenoxy) is 1. The van der Waals surface area contributed by atoms with E-state index in [1.807, 2.05) is 0 Å². The molecule has 3 unspecified atom stereocenters. The van der Waals surface area contributed by atoms with Gasteiger partial charge in [0.15, 0.2) is 0 Å². The Hall–Kier alpha value is -4.03. The molecule has 13 heteroatoms. The molecule has 1 aliphatic heterocycles. The van der Waals surface area contributed by atoms with Crippen LogP contribution in [-0.2, 0) is 35.3 Å². The van der Waals surface area contributed by atoms with Crippen LogP contribution in [0.15, 0.2) is 24.3 Å². The minimum atomic E-state index is -1.13. The Kier molecular flexibility index (Phi) is 10.4. The van der Waals surface area contributed by atoms with Crippen LogP contribution in [0.3, 0.4) is 0 Å².